The molecule has 0 fully saturated rings. The number of halogens is 3. The summed E-state index contributed by atoms with van der Waals surface area (Å²) in [6.45, 7) is 2.89. The number of rotatable bonds is 2. The van der Waals surface area contributed by atoms with Crippen LogP contribution in [0.1, 0.15) is 17.0 Å². The largest absolute Gasteiger partial charge is 0.416 e. The summed E-state index contributed by atoms with van der Waals surface area (Å²) in [5.41, 5.74) is 0.857. The van der Waals surface area contributed by atoms with Gasteiger partial charge in [0.25, 0.3) is 0 Å². The Balaban J connectivity index is 2.10. The molecule has 5 nitrogen and oxygen atoms in total. The highest BCUT2D eigenvalue weighted by molar-refractivity contribution is 5.98. The third-order valence-electron chi connectivity index (χ3n) is 3.35. The van der Waals surface area contributed by atoms with Crippen LogP contribution in [0.2, 0.25) is 0 Å². The summed E-state index contributed by atoms with van der Waals surface area (Å²) in [5, 5.41) is 5.74. The number of aliphatic imine (C=N–C) groups is 1. The topological polar surface area (TPSA) is 59.4 Å². The molecule has 0 amide bonds. The van der Waals surface area contributed by atoms with Gasteiger partial charge < -0.3 is 0 Å². The number of hydrogen-bond acceptors (Lipinski definition) is 4. The molecular weight excluding hydrogens is 295 g/mol. The predicted molar refractivity (Wildman–Crippen MR) is 75.6 cm³/mol. The molecule has 116 valence electrons. The molecule has 0 aliphatic carbocycles. The van der Waals surface area contributed by atoms with Crippen LogP contribution in [-0.4, -0.2) is 33.7 Å². The van der Waals surface area contributed by atoms with Crippen LogP contribution in [-0.2, 0) is 6.18 Å². The Morgan fingerprint density at radius 1 is 1.23 bits per heavy atom. The standard InChI is InChI=1S/C14H14F3N5/c1-9-7-12(13-19-5-6-21(13)18)22(20-9)11-4-2-3-10(8-11)14(15,16)17/h2-4,7-8H,5-6,18H2,1H3. The molecule has 1 aliphatic heterocycles. The molecule has 2 aromatic rings. The third kappa shape index (κ3) is 2.57. The molecule has 0 spiro atoms. The van der Waals surface area contributed by atoms with Crippen molar-refractivity contribution in [1.82, 2.24) is 14.8 Å². The fourth-order valence-corrected chi connectivity index (χ4v) is 2.36. The number of nitrogens with zero attached hydrogens (tertiary/aromatic N) is 4. The first-order valence-electron chi connectivity index (χ1n) is 6.67. The molecule has 1 aromatic carbocycles. The zero-order valence-corrected chi connectivity index (χ0v) is 11.8. The van der Waals surface area contributed by atoms with Gasteiger partial charge in [-0.2, -0.15) is 18.3 Å². The van der Waals surface area contributed by atoms with Crippen LogP contribution in [0, 0.1) is 6.92 Å². The van der Waals surface area contributed by atoms with Gasteiger partial charge in [0, 0.05) is 0 Å². The second-order valence-electron chi connectivity index (χ2n) is 5.03. The second-order valence-corrected chi connectivity index (χ2v) is 5.03. The molecule has 2 N–H and O–H groups in total. The van der Waals surface area contributed by atoms with Crippen LogP contribution in [0.4, 0.5) is 13.2 Å². The number of aryl methyl sites for hydroxylation is 1. The first-order chi connectivity index (χ1) is 10.4. The Hall–Kier alpha value is -2.35. The molecular formula is C14H14F3N5. The van der Waals surface area contributed by atoms with E-state index in [2.05, 4.69) is 10.1 Å². The second kappa shape index (κ2) is 5.13. The van der Waals surface area contributed by atoms with Crippen molar-refractivity contribution in [3.63, 3.8) is 0 Å². The highest BCUT2D eigenvalue weighted by Crippen LogP contribution is 2.30. The summed E-state index contributed by atoms with van der Waals surface area (Å²) < 4.78 is 40.1. The summed E-state index contributed by atoms with van der Waals surface area (Å²) in [5.74, 6) is 6.37. The molecule has 0 bridgehead atoms. The van der Waals surface area contributed by atoms with E-state index in [0.717, 1.165) is 12.1 Å². The number of aromatic nitrogens is 2. The fourth-order valence-electron chi connectivity index (χ4n) is 2.36. The van der Waals surface area contributed by atoms with Gasteiger partial charge in [0.2, 0.25) is 0 Å². The lowest BCUT2D eigenvalue weighted by Crippen LogP contribution is -2.36. The quantitative estimate of drug-likeness (QED) is 0.865. The van der Waals surface area contributed by atoms with E-state index in [9.17, 15) is 13.2 Å². The Labute approximate surface area is 124 Å². The number of alkyl halides is 3. The maximum Gasteiger partial charge on any atom is 0.416 e. The Bertz CT molecular complexity index is 732. The average Bonchev–Trinajstić information content (AvgIpc) is 3.03. The lowest BCUT2D eigenvalue weighted by Gasteiger charge is -2.15. The minimum atomic E-state index is -4.40. The zero-order valence-electron chi connectivity index (χ0n) is 11.8. The molecule has 22 heavy (non-hydrogen) atoms. The number of hydrogen-bond donors (Lipinski definition) is 1. The van der Waals surface area contributed by atoms with E-state index < -0.39 is 11.7 Å². The minimum Gasteiger partial charge on any atom is -0.291 e. The van der Waals surface area contributed by atoms with Gasteiger partial charge >= 0.3 is 6.18 Å². The van der Waals surface area contributed by atoms with Gasteiger partial charge in [-0.1, -0.05) is 6.07 Å². The van der Waals surface area contributed by atoms with E-state index in [-0.39, 0.29) is 0 Å². The van der Waals surface area contributed by atoms with E-state index >= 15 is 0 Å². The van der Waals surface area contributed by atoms with Gasteiger partial charge in [-0.05, 0) is 31.2 Å². The van der Waals surface area contributed by atoms with Crippen LogP contribution >= 0.6 is 0 Å². The van der Waals surface area contributed by atoms with Crippen LogP contribution in [0.5, 0.6) is 0 Å². The van der Waals surface area contributed by atoms with E-state index in [4.69, 9.17) is 5.84 Å². The highest BCUT2D eigenvalue weighted by atomic mass is 19.4. The summed E-state index contributed by atoms with van der Waals surface area (Å²) in [7, 11) is 0. The average molecular weight is 309 g/mol. The Morgan fingerprint density at radius 2 is 2.00 bits per heavy atom. The molecule has 0 atom stereocenters. The van der Waals surface area contributed by atoms with Crippen molar-refractivity contribution in [2.24, 2.45) is 10.8 Å². The molecule has 2 heterocycles. The lowest BCUT2D eigenvalue weighted by molar-refractivity contribution is -0.137. The third-order valence-corrected chi connectivity index (χ3v) is 3.35. The molecule has 0 radical (unpaired) electrons. The SMILES string of the molecule is Cc1cc(C2=NCCN2N)n(-c2cccc(C(F)(F)F)c2)n1. The molecule has 8 heteroatoms. The first-order valence-corrected chi connectivity index (χ1v) is 6.67. The van der Waals surface area contributed by atoms with Crippen molar-refractivity contribution < 1.29 is 13.2 Å². The molecule has 0 unspecified atom stereocenters. The van der Waals surface area contributed by atoms with Gasteiger partial charge in [0.15, 0.2) is 5.84 Å². The fraction of sp³-hybridized carbons (Fsp3) is 0.286. The van der Waals surface area contributed by atoms with Crippen LogP contribution in [0.15, 0.2) is 35.3 Å². The van der Waals surface area contributed by atoms with E-state index in [1.165, 1.54) is 15.8 Å². The summed E-state index contributed by atoms with van der Waals surface area (Å²) in [4.78, 5) is 4.29. The molecule has 1 aliphatic rings. The summed E-state index contributed by atoms with van der Waals surface area (Å²) in [6, 6.07) is 6.77. The summed E-state index contributed by atoms with van der Waals surface area (Å²) in [6.07, 6.45) is -4.40. The molecule has 0 saturated carbocycles. The molecule has 1 aromatic heterocycles. The number of nitrogens with two attached hydrogens (primary N) is 1. The Kier molecular flexibility index (Phi) is 3.40. The van der Waals surface area contributed by atoms with E-state index in [1.54, 1.807) is 19.1 Å². The predicted octanol–water partition coefficient (Wildman–Crippen LogP) is 2.14. The maximum absolute atomic E-state index is 12.9. The van der Waals surface area contributed by atoms with Crippen molar-refractivity contribution in [2.45, 2.75) is 13.1 Å². The van der Waals surface area contributed by atoms with Gasteiger partial charge in [0.05, 0.1) is 30.0 Å². The van der Waals surface area contributed by atoms with E-state index in [0.29, 0.717) is 36.0 Å². The van der Waals surface area contributed by atoms with Crippen LogP contribution < -0.4 is 5.84 Å². The number of hydrazine groups is 1. The van der Waals surface area contributed by atoms with Crippen LogP contribution in [0.25, 0.3) is 5.69 Å². The number of benzene rings is 1. The molecule has 0 saturated heterocycles. The van der Waals surface area contributed by atoms with Crippen molar-refractivity contribution in [2.75, 3.05) is 13.1 Å². The smallest absolute Gasteiger partial charge is 0.291 e. The summed E-state index contributed by atoms with van der Waals surface area (Å²) >= 11 is 0. The minimum absolute atomic E-state index is 0.320. The first kappa shape index (κ1) is 14.6. The van der Waals surface area contributed by atoms with Gasteiger partial charge in [0.1, 0.15) is 5.69 Å². The zero-order chi connectivity index (χ0) is 15.9. The lowest BCUT2D eigenvalue weighted by atomic mass is 10.2. The van der Waals surface area contributed by atoms with Crippen molar-refractivity contribution in [1.29, 1.82) is 0 Å². The van der Waals surface area contributed by atoms with Crippen LogP contribution in [0.3, 0.4) is 0 Å². The van der Waals surface area contributed by atoms with Crippen molar-refractivity contribution in [3.8, 4) is 5.69 Å². The van der Waals surface area contributed by atoms with Gasteiger partial charge in [-0.15, -0.1) is 0 Å². The molecule has 3 rings (SSSR count). The normalized spacial score (nSPS) is 15.3. The van der Waals surface area contributed by atoms with Crippen molar-refractivity contribution in [3.05, 3.63) is 47.3 Å². The van der Waals surface area contributed by atoms with E-state index in [1.807, 2.05) is 0 Å². The number of amidine groups is 1. The van der Waals surface area contributed by atoms with Gasteiger partial charge in [-0.25, -0.2) is 10.5 Å². The monoisotopic (exact) mass is 309 g/mol. The Morgan fingerprint density at radius 3 is 2.64 bits per heavy atom. The van der Waals surface area contributed by atoms with Crippen molar-refractivity contribution >= 4 is 5.84 Å². The highest BCUT2D eigenvalue weighted by Gasteiger charge is 2.31. The van der Waals surface area contributed by atoms with Gasteiger partial charge in [-0.3, -0.25) is 10.0 Å². The maximum atomic E-state index is 12.9.